The third kappa shape index (κ3) is 2.98. The molecule has 126 valence electrons. The number of halogens is 2. The lowest BCUT2D eigenvalue weighted by Crippen LogP contribution is -2.34. The van der Waals surface area contributed by atoms with Gasteiger partial charge < -0.3 is 10.2 Å². The van der Waals surface area contributed by atoms with Crippen LogP contribution in [0.4, 0.5) is 0 Å². The zero-order valence-corrected chi connectivity index (χ0v) is 16.3. The molecule has 0 saturated carbocycles. The quantitative estimate of drug-likeness (QED) is 0.660. The van der Waals surface area contributed by atoms with Crippen LogP contribution in [0.25, 0.3) is 5.57 Å². The summed E-state index contributed by atoms with van der Waals surface area (Å²) in [5.41, 5.74) is 7.42. The van der Waals surface area contributed by atoms with Crippen molar-refractivity contribution < 1.29 is 0 Å². The maximum atomic E-state index is 6.30. The van der Waals surface area contributed by atoms with Gasteiger partial charge >= 0.3 is 0 Å². The molecule has 2 nitrogen and oxygen atoms in total. The van der Waals surface area contributed by atoms with Crippen molar-refractivity contribution in [2.24, 2.45) is 0 Å². The van der Waals surface area contributed by atoms with Crippen LogP contribution in [-0.2, 0) is 6.42 Å². The van der Waals surface area contributed by atoms with Crippen molar-refractivity contribution in [3.8, 4) is 0 Å². The van der Waals surface area contributed by atoms with Gasteiger partial charge in [0, 0.05) is 22.8 Å². The highest BCUT2D eigenvalue weighted by Crippen LogP contribution is 2.42. The summed E-state index contributed by atoms with van der Waals surface area (Å²) in [6.07, 6.45) is 8.94. The van der Waals surface area contributed by atoms with E-state index in [2.05, 4.69) is 57.6 Å². The second-order valence-corrected chi connectivity index (χ2v) is 8.22. The largest absolute Gasteiger partial charge is 0.369 e. The smallest absolute Gasteiger partial charge is 0.0756 e. The van der Waals surface area contributed by atoms with E-state index in [1.165, 1.54) is 22.3 Å². The minimum absolute atomic E-state index is 0.349. The SMILES string of the molecule is CN1C=C(Br)C=C2CCc3cc(Cl)ccc3C(=C3CCNCC3)C21. The summed E-state index contributed by atoms with van der Waals surface area (Å²) in [5, 5.41) is 4.33. The van der Waals surface area contributed by atoms with Crippen LogP contribution in [0.3, 0.4) is 0 Å². The molecule has 1 unspecified atom stereocenters. The second kappa shape index (κ2) is 6.70. The van der Waals surface area contributed by atoms with Gasteiger partial charge in [-0.05, 0) is 95.2 Å². The molecule has 2 aliphatic heterocycles. The summed E-state index contributed by atoms with van der Waals surface area (Å²) in [6, 6.07) is 6.80. The summed E-state index contributed by atoms with van der Waals surface area (Å²) in [4.78, 5) is 2.37. The van der Waals surface area contributed by atoms with Gasteiger partial charge in [0.15, 0.2) is 0 Å². The van der Waals surface area contributed by atoms with E-state index in [4.69, 9.17) is 11.6 Å². The minimum atomic E-state index is 0.349. The van der Waals surface area contributed by atoms with Gasteiger partial charge in [-0.1, -0.05) is 23.2 Å². The number of nitrogens with one attached hydrogen (secondary N) is 1. The fraction of sp³-hybridized carbons (Fsp3) is 0.400. The van der Waals surface area contributed by atoms with Crippen molar-refractivity contribution in [3.05, 3.63) is 62.3 Å². The normalized spacial score (nSPS) is 24.0. The Hall–Kier alpha value is -1.03. The fourth-order valence-corrected chi connectivity index (χ4v) is 5.07. The van der Waals surface area contributed by atoms with Crippen LogP contribution >= 0.6 is 27.5 Å². The molecule has 1 aromatic carbocycles. The lowest BCUT2D eigenvalue weighted by Gasteiger charge is -2.36. The molecule has 0 amide bonds. The Balaban J connectivity index is 1.92. The van der Waals surface area contributed by atoms with Crippen LogP contribution in [0.1, 0.15) is 30.4 Å². The number of nitrogens with zero attached hydrogens (tertiary/aromatic N) is 1. The maximum absolute atomic E-state index is 6.30. The van der Waals surface area contributed by atoms with Crippen molar-refractivity contribution >= 4 is 33.1 Å². The molecule has 1 saturated heterocycles. The van der Waals surface area contributed by atoms with Gasteiger partial charge in [0.05, 0.1) is 6.04 Å². The molecule has 0 spiro atoms. The first kappa shape index (κ1) is 16.4. The van der Waals surface area contributed by atoms with Crippen molar-refractivity contribution in [1.29, 1.82) is 0 Å². The molecule has 3 aliphatic rings. The lowest BCUT2D eigenvalue weighted by atomic mass is 9.84. The molecule has 2 heterocycles. The molecule has 24 heavy (non-hydrogen) atoms. The summed E-state index contributed by atoms with van der Waals surface area (Å²) in [7, 11) is 2.20. The third-order valence-corrected chi connectivity index (χ3v) is 5.98. The number of fused-ring (bicyclic) bond motifs is 2. The lowest BCUT2D eigenvalue weighted by molar-refractivity contribution is 0.417. The van der Waals surface area contributed by atoms with Crippen molar-refractivity contribution in [3.63, 3.8) is 0 Å². The fourth-order valence-electron chi connectivity index (χ4n) is 4.26. The molecule has 1 atom stereocenters. The molecule has 0 aromatic heterocycles. The van der Waals surface area contributed by atoms with Crippen LogP contribution in [0.5, 0.6) is 0 Å². The molecule has 0 radical (unpaired) electrons. The zero-order chi connectivity index (χ0) is 16.7. The van der Waals surface area contributed by atoms with Crippen LogP contribution < -0.4 is 5.32 Å². The van der Waals surface area contributed by atoms with Gasteiger partial charge in [0.2, 0.25) is 0 Å². The maximum Gasteiger partial charge on any atom is 0.0756 e. The summed E-state index contributed by atoms with van der Waals surface area (Å²) in [6.45, 7) is 2.16. The van der Waals surface area contributed by atoms with E-state index >= 15 is 0 Å². The molecule has 1 fully saturated rings. The second-order valence-electron chi connectivity index (χ2n) is 6.87. The first-order valence-electron chi connectivity index (χ1n) is 8.64. The highest BCUT2D eigenvalue weighted by molar-refractivity contribution is 9.11. The van der Waals surface area contributed by atoms with Gasteiger partial charge in [-0.2, -0.15) is 0 Å². The predicted octanol–water partition coefficient (Wildman–Crippen LogP) is 4.90. The minimum Gasteiger partial charge on any atom is -0.369 e. The van der Waals surface area contributed by atoms with Crippen LogP contribution in [-0.4, -0.2) is 31.1 Å². The third-order valence-electron chi connectivity index (χ3n) is 5.31. The van der Waals surface area contributed by atoms with Crippen molar-refractivity contribution in [1.82, 2.24) is 10.2 Å². The van der Waals surface area contributed by atoms with Gasteiger partial charge in [-0.25, -0.2) is 0 Å². The van der Waals surface area contributed by atoms with E-state index in [1.54, 1.807) is 5.57 Å². The summed E-state index contributed by atoms with van der Waals surface area (Å²) < 4.78 is 1.16. The molecular formula is C20H22BrClN2. The highest BCUT2D eigenvalue weighted by Gasteiger charge is 2.32. The van der Waals surface area contributed by atoms with E-state index in [1.807, 2.05) is 6.07 Å². The molecule has 4 heteroatoms. The summed E-state index contributed by atoms with van der Waals surface area (Å²) >= 11 is 9.97. The van der Waals surface area contributed by atoms with E-state index in [0.29, 0.717) is 6.04 Å². The number of hydrogen-bond donors (Lipinski definition) is 1. The highest BCUT2D eigenvalue weighted by atomic mass is 79.9. The molecule has 4 rings (SSSR count). The Kier molecular flexibility index (Phi) is 4.59. The van der Waals surface area contributed by atoms with E-state index in [-0.39, 0.29) is 0 Å². The average Bonchev–Trinajstić information content (AvgIpc) is 2.72. The number of rotatable bonds is 0. The molecule has 1 N–H and O–H groups in total. The molecule has 1 aromatic rings. The molecule has 1 aliphatic carbocycles. The standard InChI is InChI=1S/C20H22BrClN2/c1-24-12-16(21)10-15-3-2-14-11-17(22)4-5-18(14)19(20(15)24)13-6-8-23-9-7-13/h4-5,10-12,20,23H,2-3,6-9H2,1H3. The number of aryl methyl sites for hydroxylation is 1. The van der Waals surface area contributed by atoms with Crippen LogP contribution in [0.15, 0.2) is 46.1 Å². The first-order chi connectivity index (χ1) is 11.6. The van der Waals surface area contributed by atoms with Gasteiger partial charge in [-0.15, -0.1) is 0 Å². The van der Waals surface area contributed by atoms with Crippen molar-refractivity contribution in [2.75, 3.05) is 20.1 Å². The number of likely N-dealkylation sites (N-methyl/N-ethyl adjacent to an activating group) is 1. The van der Waals surface area contributed by atoms with Crippen LogP contribution in [0.2, 0.25) is 5.02 Å². The Bertz CT molecular complexity index is 755. The van der Waals surface area contributed by atoms with E-state index < -0.39 is 0 Å². The average molecular weight is 406 g/mol. The first-order valence-corrected chi connectivity index (χ1v) is 9.82. The Morgan fingerprint density at radius 3 is 2.75 bits per heavy atom. The van der Waals surface area contributed by atoms with E-state index in [9.17, 15) is 0 Å². The monoisotopic (exact) mass is 404 g/mol. The van der Waals surface area contributed by atoms with Crippen LogP contribution in [0, 0.1) is 0 Å². The number of benzene rings is 1. The number of piperidine rings is 1. The predicted molar refractivity (Wildman–Crippen MR) is 105 cm³/mol. The molecular weight excluding hydrogens is 384 g/mol. The topological polar surface area (TPSA) is 15.3 Å². The van der Waals surface area contributed by atoms with Gasteiger partial charge in [-0.3, -0.25) is 0 Å². The molecule has 0 bridgehead atoms. The van der Waals surface area contributed by atoms with E-state index in [0.717, 1.165) is 48.3 Å². The Morgan fingerprint density at radius 1 is 1.17 bits per heavy atom. The van der Waals surface area contributed by atoms with Gasteiger partial charge in [0.1, 0.15) is 0 Å². The van der Waals surface area contributed by atoms with Gasteiger partial charge in [0.25, 0.3) is 0 Å². The number of hydrogen-bond acceptors (Lipinski definition) is 2. The summed E-state index contributed by atoms with van der Waals surface area (Å²) in [5.74, 6) is 0. The zero-order valence-electron chi connectivity index (χ0n) is 13.9. The number of allylic oxidation sites excluding steroid dienone is 2. The Morgan fingerprint density at radius 2 is 1.96 bits per heavy atom. The van der Waals surface area contributed by atoms with Crippen molar-refractivity contribution in [2.45, 2.75) is 31.7 Å². The Labute approximate surface area is 157 Å².